The minimum atomic E-state index is -4.20. The number of alkyl halides is 3. The van der Waals surface area contributed by atoms with Gasteiger partial charge in [0.15, 0.2) is 0 Å². The van der Waals surface area contributed by atoms with Gasteiger partial charge in [0.1, 0.15) is 5.82 Å². The molecule has 0 saturated carbocycles. The van der Waals surface area contributed by atoms with Crippen molar-refractivity contribution >= 4 is 5.69 Å². The van der Waals surface area contributed by atoms with Crippen molar-refractivity contribution < 1.29 is 17.6 Å². The van der Waals surface area contributed by atoms with Gasteiger partial charge in [0, 0.05) is 12.2 Å². The molecule has 88 valence electrons. The Bertz CT molecular complexity index is 386. The number of rotatable bonds is 1. The second-order valence-corrected chi connectivity index (χ2v) is 3.96. The summed E-state index contributed by atoms with van der Waals surface area (Å²) in [4.78, 5) is 0. The fourth-order valence-corrected chi connectivity index (χ4v) is 2.06. The van der Waals surface area contributed by atoms with Crippen molar-refractivity contribution in [2.75, 3.05) is 11.9 Å². The molecule has 0 spiro atoms. The lowest BCUT2D eigenvalue weighted by molar-refractivity contribution is -0.139. The van der Waals surface area contributed by atoms with E-state index >= 15 is 0 Å². The second kappa shape index (κ2) is 3.96. The number of nitrogens with one attached hydrogen (secondary N) is 1. The van der Waals surface area contributed by atoms with Gasteiger partial charge in [0.2, 0.25) is 0 Å². The highest BCUT2D eigenvalue weighted by Gasteiger charge is 2.34. The van der Waals surface area contributed by atoms with E-state index in [0.29, 0.717) is 24.2 Å². The maximum Gasteiger partial charge on any atom is 0.389 e. The van der Waals surface area contributed by atoms with Crippen LogP contribution in [0.15, 0.2) is 18.2 Å². The highest BCUT2D eigenvalue weighted by molar-refractivity contribution is 5.54. The molecule has 1 atom stereocenters. The van der Waals surface area contributed by atoms with Gasteiger partial charge in [-0.25, -0.2) is 4.39 Å². The third kappa shape index (κ3) is 2.46. The summed E-state index contributed by atoms with van der Waals surface area (Å²) in [6, 6.07) is 3.94. The minimum Gasteiger partial charge on any atom is -0.385 e. The Labute approximate surface area is 90.5 Å². The quantitative estimate of drug-likeness (QED) is 0.729. The molecule has 1 aromatic rings. The van der Waals surface area contributed by atoms with Crippen LogP contribution in [0.5, 0.6) is 0 Å². The van der Waals surface area contributed by atoms with Crippen LogP contribution in [0.25, 0.3) is 0 Å². The first-order valence-corrected chi connectivity index (χ1v) is 5.06. The van der Waals surface area contributed by atoms with Gasteiger partial charge in [-0.1, -0.05) is 0 Å². The highest BCUT2D eigenvalue weighted by Crippen LogP contribution is 2.39. The number of anilines is 1. The predicted octanol–water partition coefficient (Wildman–Crippen LogP) is 3.68. The Morgan fingerprint density at radius 3 is 2.75 bits per heavy atom. The Morgan fingerprint density at radius 1 is 1.31 bits per heavy atom. The third-order valence-electron chi connectivity index (χ3n) is 2.74. The molecular formula is C11H11F4N. The topological polar surface area (TPSA) is 12.0 Å². The van der Waals surface area contributed by atoms with Crippen LogP contribution < -0.4 is 5.32 Å². The number of hydrogen-bond donors (Lipinski definition) is 1. The molecule has 0 aliphatic carbocycles. The Balaban J connectivity index is 2.28. The van der Waals surface area contributed by atoms with Crippen molar-refractivity contribution in [3.63, 3.8) is 0 Å². The molecule has 1 N–H and O–H groups in total. The summed E-state index contributed by atoms with van der Waals surface area (Å²) in [5, 5.41) is 2.97. The first kappa shape index (κ1) is 11.2. The summed E-state index contributed by atoms with van der Waals surface area (Å²) >= 11 is 0. The minimum absolute atomic E-state index is 0.385. The zero-order valence-corrected chi connectivity index (χ0v) is 8.44. The number of fused-ring (bicyclic) bond motifs is 1. The summed E-state index contributed by atoms with van der Waals surface area (Å²) in [5.41, 5.74) is 1.05. The fraction of sp³-hybridized carbons (Fsp3) is 0.455. The van der Waals surface area contributed by atoms with Gasteiger partial charge in [-0.2, -0.15) is 13.2 Å². The summed E-state index contributed by atoms with van der Waals surface area (Å²) in [7, 11) is 0. The van der Waals surface area contributed by atoms with Crippen LogP contribution in [0.3, 0.4) is 0 Å². The summed E-state index contributed by atoms with van der Waals surface area (Å²) in [6.07, 6.45) is -4.70. The molecule has 0 radical (unpaired) electrons. The van der Waals surface area contributed by atoms with Crippen molar-refractivity contribution in [2.24, 2.45) is 0 Å². The molecule has 2 rings (SSSR count). The van der Waals surface area contributed by atoms with E-state index < -0.39 is 24.3 Å². The Hall–Kier alpha value is -1.26. The molecule has 0 aromatic heterocycles. The first-order valence-electron chi connectivity index (χ1n) is 5.06. The predicted molar refractivity (Wildman–Crippen MR) is 52.9 cm³/mol. The van der Waals surface area contributed by atoms with Crippen molar-refractivity contribution in [3.05, 3.63) is 29.6 Å². The van der Waals surface area contributed by atoms with Gasteiger partial charge in [-0.05, 0) is 36.1 Å². The maximum absolute atomic E-state index is 13.0. The van der Waals surface area contributed by atoms with Gasteiger partial charge in [-0.15, -0.1) is 0 Å². The fourth-order valence-electron chi connectivity index (χ4n) is 2.06. The molecular weight excluding hydrogens is 222 g/mol. The van der Waals surface area contributed by atoms with Crippen LogP contribution >= 0.6 is 0 Å². The van der Waals surface area contributed by atoms with E-state index in [1.54, 1.807) is 0 Å². The van der Waals surface area contributed by atoms with Gasteiger partial charge >= 0.3 is 6.18 Å². The van der Waals surface area contributed by atoms with E-state index in [0.717, 1.165) is 0 Å². The lowest BCUT2D eigenvalue weighted by atomic mass is 9.88. The molecule has 1 heterocycles. The summed E-state index contributed by atoms with van der Waals surface area (Å²) in [6.45, 7) is 0.499. The average Bonchev–Trinajstić information content (AvgIpc) is 2.17. The van der Waals surface area contributed by atoms with E-state index in [4.69, 9.17) is 0 Å². The van der Waals surface area contributed by atoms with E-state index in [2.05, 4.69) is 5.32 Å². The van der Waals surface area contributed by atoms with E-state index in [9.17, 15) is 17.6 Å². The average molecular weight is 233 g/mol. The summed E-state index contributed by atoms with van der Waals surface area (Å²) < 4.78 is 50.0. The van der Waals surface area contributed by atoms with Gasteiger partial charge in [-0.3, -0.25) is 0 Å². The van der Waals surface area contributed by atoms with E-state index in [-0.39, 0.29) is 0 Å². The lowest BCUT2D eigenvalue weighted by Crippen LogP contribution is -2.22. The van der Waals surface area contributed by atoms with Crippen LogP contribution in [0.2, 0.25) is 0 Å². The van der Waals surface area contributed by atoms with Crippen LogP contribution in [0.4, 0.5) is 23.2 Å². The molecule has 1 unspecified atom stereocenters. The third-order valence-corrected chi connectivity index (χ3v) is 2.74. The van der Waals surface area contributed by atoms with Gasteiger partial charge < -0.3 is 5.32 Å². The maximum atomic E-state index is 13.0. The van der Waals surface area contributed by atoms with Crippen LogP contribution in [-0.4, -0.2) is 12.7 Å². The van der Waals surface area contributed by atoms with Crippen LogP contribution in [0.1, 0.15) is 24.3 Å². The molecule has 0 fully saturated rings. The Kier molecular flexibility index (Phi) is 2.78. The Morgan fingerprint density at radius 2 is 2.06 bits per heavy atom. The standard InChI is InChI=1S/C11H11F4N/c12-8-1-2-10-9(5-8)7(3-4-16-10)6-11(13,14)15/h1-2,5,7,16H,3-4,6H2. The molecule has 1 nitrogen and oxygen atoms in total. The van der Waals surface area contributed by atoms with Crippen molar-refractivity contribution in [1.82, 2.24) is 0 Å². The lowest BCUT2D eigenvalue weighted by Gasteiger charge is -2.27. The molecule has 1 aliphatic rings. The van der Waals surface area contributed by atoms with Crippen LogP contribution in [0, 0.1) is 5.82 Å². The van der Waals surface area contributed by atoms with Crippen molar-refractivity contribution in [2.45, 2.75) is 24.9 Å². The number of hydrogen-bond acceptors (Lipinski definition) is 1. The van der Waals surface area contributed by atoms with Gasteiger partial charge in [0.25, 0.3) is 0 Å². The molecule has 0 saturated heterocycles. The largest absolute Gasteiger partial charge is 0.389 e. The highest BCUT2D eigenvalue weighted by atomic mass is 19.4. The first-order chi connectivity index (χ1) is 7.46. The van der Waals surface area contributed by atoms with Gasteiger partial charge in [0.05, 0.1) is 6.42 Å². The van der Waals surface area contributed by atoms with Crippen molar-refractivity contribution in [1.29, 1.82) is 0 Å². The second-order valence-electron chi connectivity index (χ2n) is 3.96. The van der Waals surface area contributed by atoms with E-state index in [1.165, 1.54) is 18.2 Å². The smallest absolute Gasteiger partial charge is 0.385 e. The molecule has 16 heavy (non-hydrogen) atoms. The zero-order chi connectivity index (χ0) is 11.8. The monoisotopic (exact) mass is 233 g/mol. The van der Waals surface area contributed by atoms with Crippen molar-refractivity contribution in [3.8, 4) is 0 Å². The molecule has 5 heteroatoms. The molecule has 0 bridgehead atoms. The molecule has 1 aliphatic heterocycles. The van der Waals surface area contributed by atoms with Crippen LogP contribution in [-0.2, 0) is 0 Å². The zero-order valence-electron chi connectivity index (χ0n) is 8.44. The molecule has 0 amide bonds. The summed E-state index contributed by atoms with van der Waals surface area (Å²) in [5.74, 6) is -1.12. The number of halogens is 4. The molecule has 1 aromatic carbocycles. The normalized spacial score (nSPS) is 20.1. The van der Waals surface area contributed by atoms with E-state index in [1.807, 2.05) is 0 Å². The number of benzene rings is 1. The SMILES string of the molecule is Fc1ccc2c(c1)C(CC(F)(F)F)CCN2.